The highest BCUT2D eigenvalue weighted by atomic mass is 32.1. The highest BCUT2D eigenvalue weighted by Gasteiger charge is 2.21. The fraction of sp³-hybridized carbons (Fsp3) is 0.312. The molecule has 5 nitrogen and oxygen atoms in total. The zero-order valence-corrected chi connectivity index (χ0v) is 13.6. The van der Waals surface area contributed by atoms with E-state index < -0.39 is 6.04 Å². The van der Waals surface area contributed by atoms with E-state index in [9.17, 15) is 9.59 Å². The van der Waals surface area contributed by atoms with Gasteiger partial charge in [-0.25, -0.2) is 4.98 Å². The van der Waals surface area contributed by atoms with Gasteiger partial charge in [0.25, 0.3) is 5.91 Å². The summed E-state index contributed by atoms with van der Waals surface area (Å²) < 4.78 is 4.72. The van der Waals surface area contributed by atoms with E-state index in [-0.39, 0.29) is 18.3 Å². The van der Waals surface area contributed by atoms with Crippen LogP contribution in [0.1, 0.15) is 38.4 Å². The molecule has 0 spiro atoms. The summed E-state index contributed by atoms with van der Waals surface area (Å²) in [5.74, 6) is -0.591. The lowest BCUT2D eigenvalue weighted by Gasteiger charge is -2.18. The van der Waals surface area contributed by atoms with Crippen LogP contribution in [0.5, 0.6) is 0 Å². The monoisotopic (exact) mass is 318 g/mol. The lowest BCUT2D eigenvalue weighted by molar-refractivity contribution is -0.141. The maximum absolute atomic E-state index is 12.4. The number of amides is 1. The first kappa shape index (κ1) is 16.2. The van der Waals surface area contributed by atoms with E-state index in [1.165, 1.54) is 18.4 Å². The van der Waals surface area contributed by atoms with Gasteiger partial charge in [-0.2, -0.15) is 0 Å². The molecule has 0 saturated carbocycles. The molecule has 116 valence electrons. The Morgan fingerprint density at radius 3 is 2.50 bits per heavy atom. The highest BCUT2D eigenvalue weighted by Crippen LogP contribution is 2.21. The zero-order chi connectivity index (χ0) is 16.1. The molecule has 1 N–H and O–H groups in total. The first-order valence-corrected chi connectivity index (χ1v) is 7.69. The van der Waals surface area contributed by atoms with Crippen molar-refractivity contribution in [3.05, 3.63) is 51.5 Å². The Morgan fingerprint density at radius 1 is 1.27 bits per heavy atom. The highest BCUT2D eigenvalue weighted by molar-refractivity contribution is 7.13. The largest absolute Gasteiger partial charge is 0.469 e. The Balaban J connectivity index is 2.21. The number of aryl methyl sites for hydroxylation is 2. The lowest BCUT2D eigenvalue weighted by atomic mass is 10.0. The van der Waals surface area contributed by atoms with Crippen molar-refractivity contribution in [3.63, 3.8) is 0 Å². The minimum Gasteiger partial charge on any atom is -0.469 e. The summed E-state index contributed by atoms with van der Waals surface area (Å²) in [5, 5.41) is 3.74. The van der Waals surface area contributed by atoms with Crippen LogP contribution in [0.4, 0.5) is 0 Å². The molecule has 1 unspecified atom stereocenters. The van der Waals surface area contributed by atoms with Crippen LogP contribution in [0, 0.1) is 13.8 Å². The number of nitrogens with zero attached hydrogens (tertiary/aromatic N) is 1. The van der Waals surface area contributed by atoms with Gasteiger partial charge in [0.1, 0.15) is 4.88 Å². The third-order valence-corrected chi connectivity index (χ3v) is 4.29. The minimum atomic E-state index is -0.428. The van der Waals surface area contributed by atoms with Crippen molar-refractivity contribution in [1.29, 1.82) is 0 Å². The van der Waals surface area contributed by atoms with Crippen molar-refractivity contribution in [3.8, 4) is 0 Å². The number of nitrogens with one attached hydrogen (secondary N) is 1. The van der Waals surface area contributed by atoms with E-state index in [1.54, 1.807) is 6.92 Å². The number of benzene rings is 1. The van der Waals surface area contributed by atoms with Crippen LogP contribution < -0.4 is 5.32 Å². The number of carbonyl (C=O) groups excluding carboxylic acids is 2. The van der Waals surface area contributed by atoms with Gasteiger partial charge in [-0.15, -0.1) is 11.3 Å². The third kappa shape index (κ3) is 3.92. The number of thiazole rings is 1. The van der Waals surface area contributed by atoms with Crippen molar-refractivity contribution >= 4 is 23.2 Å². The first-order chi connectivity index (χ1) is 10.5. The molecule has 0 radical (unpaired) electrons. The average Bonchev–Trinajstić information content (AvgIpc) is 2.86. The molecular weight excluding hydrogens is 300 g/mol. The standard InChI is InChI=1S/C16H18N2O3S/c1-10-15(22-11(2)17-10)16(20)18-13(9-14(19)21-3)12-7-5-4-6-8-12/h4-8,13H,9H2,1-3H3,(H,18,20). The molecule has 0 fully saturated rings. The molecular formula is C16H18N2O3S. The normalized spacial score (nSPS) is 11.8. The second-order valence-corrected chi connectivity index (χ2v) is 6.07. The Labute approximate surface area is 133 Å². The predicted octanol–water partition coefficient (Wildman–Crippen LogP) is 2.79. The molecule has 1 amide bonds. The van der Waals surface area contributed by atoms with Crippen molar-refractivity contribution in [2.45, 2.75) is 26.3 Å². The molecule has 22 heavy (non-hydrogen) atoms. The quantitative estimate of drug-likeness (QED) is 0.861. The third-order valence-electron chi connectivity index (χ3n) is 3.22. The van der Waals surface area contributed by atoms with Gasteiger partial charge >= 0.3 is 5.97 Å². The van der Waals surface area contributed by atoms with Gasteiger partial charge in [-0.3, -0.25) is 9.59 Å². The summed E-state index contributed by atoms with van der Waals surface area (Å²) >= 11 is 1.34. The molecule has 1 aromatic carbocycles. The lowest BCUT2D eigenvalue weighted by Crippen LogP contribution is -2.30. The summed E-state index contributed by atoms with van der Waals surface area (Å²) in [6.45, 7) is 3.66. The van der Waals surface area contributed by atoms with Crippen LogP contribution in [-0.2, 0) is 9.53 Å². The summed E-state index contributed by atoms with van der Waals surface area (Å²) in [5.41, 5.74) is 1.56. The Kier molecular flexibility index (Phi) is 5.27. The van der Waals surface area contributed by atoms with Crippen molar-refractivity contribution in [2.75, 3.05) is 7.11 Å². The number of esters is 1. The van der Waals surface area contributed by atoms with Gasteiger partial charge in [-0.1, -0.05) is 30.3 Å². The summed E-state index contributed by atoms with van der Waals surface area (Å²) in [4.78, 5) is 28.9. The van der Waals surface area contributed by atoms with E-state index in [0.29, 0.717) is 10.6 Å². The second kappa shape index (κ2) is 7.17. The molecule has 1 heterocycles. The molecule has 2 aromatic rings. The number of carbonyl (C=O) groups is 2. The summed E-state index contributed by atoms with van der Waals surface area (Å²) in [7, 11) is 1.34. The van der Waals surface area contributed by atoms with Crippen LogP contribution in [0.25, 0.3) is 0 Å². The molecule has 1 aromatic heterocycles. The SMILES string of the molecule is COC(=O)CC(NC(=O)c1sc(C)nc1C)c1ccccc1. The van der Waals surface area contributed by atoms with E-state index in [0.717, 1.165) is 10.6 Å². The number of hydrogen-bond acceptors (Lipinski definition) is 5. The van der Waals surface area contributed by atoms with Gasteiger partial charge in [-0.05, 0) is 19.4 Å². The summed E-state index contributed by atoms with van der Waals surface area (Å²) in [6.07, 6.45) is 0.0864. The van der Waals surface area contributed by atoms with Crippen LogP contribution >= 0.6 is 11.3 Å². The van der Waals surface area contributed by atoms with Crippen LogP contribution in [0.15, 0.2) is 30.3 Å². The maximum Gasteiger partial charge on any atom is 0.307 e. The molecule has 0 aliphatic carbocycles. The second-order valence-electron chi connectivity index (χ2n) is 4.86. The minimum absolute atomic E-state index is 0.0864. The van der Waals surface area contributed by atoms with Gasteiger partial charge in [0.05, 0.1) is 30.3 Å². The average molecular weight is 318 g/mol. The molecule has 1 atom stereocenters. The molecule has 6 heteroatoms. The fourth-order valence-electron chi connectivity index (χ4n) is 2.15. The number of rotatable bonds is 5. The Hall–Kier alpha value is -2.21. The van der Waals surface area contributed by atoms with Crippen LogP contribution in [0.2, 0.25) is 0 Å². The maximum atomic E-state index is 12.4. The van der Waals surface area contributed by atoms with Crippen molar-refractivity contribution in [1.82, 2.24) is 10.3 Å². The molecule has 0 aliphatic rings. The smallest absolute Gasteiger partial charge is 0.307 e. The topological polar surface area (TPSA) is 68.3 Å². The van der Waals surface area contributed by atoms with E-state index >= 15 is 0 Å². The fourth-order valence-corrected chi connectivity index (χ4v) is 2.98. The first-order valence-electron chi connectivity index (χ1n) is 6.88. The van der Waals surface area contributed by atoms with Gasteiger partial charge < -0.3 is 10.1 Å². The number of hydrogen-bond donors (Lipinski definition) is 1. The van der Waals surface area contributed by atoms with Gasteiger partial charge in [0.15, 0.2) is 0 Å². The van der Waals surface area contributed by atoms with Gasteiger partial charge in [0.2, 0.25) is 0 Å². The summed E-state index contributed by atoms with van der Waals surface area (Å²) in [6, 6.07) is 8.94. The molecule has 0 bridgehead atoms. The number of aromatic nitrogens is 1. The molecule has 0 saturated heterocycles. The van der Waals surface area contributed by atoms with Crippen LogP contribution in [0.3, 0.4) is 0 Å². The van der Waals surface area contributed by atoms with Crippen molar-refractivity contribution in [2.24, 2.45) is 0 Å². The van der Waals surface area contributed by atoms with E-state index in [2.05, 4.69) is 10.3 Å². The van der Waals surface area contributed by atoms with E-state index in [1.807, 2.05) is 37.3 Å². The Bertz CT molecular complexity index is 667. The van der Waals surface area contributed by atoms with Crippen LogP contribution in [-0.4, -0.2) is 24.0 Å². The number of methoxy groups -OCH3 is 1. The zero-order valence-electron chi connectivity index (χ0n) is 12.8. The molecule has 0 aliphatic heterocycles. The predicted molar refractivity (Wildman–Crippen MR) is 84.9 cm³/mol. The van der Waals surface area contributed by atoms with E-state index in [4.69, 9.17) is 4.74 Å². The number of ether oxygens (including phenoxy) is 1. The molecule has 2 rings (SSSR count). The van der Waals surface area contributed by atoms with Gasteiger partial charge in [0, 0.05) is 0 Å². The Morgan fingerprint density at radius 2 is 1.95 bits per heavy atom. The van der Waals surface area contributed by atoms with Crippen molar-refractivity contribution < 1.29 is 14.3 Å².